The van der Waals surface area contributed by atoms with Crippen molar-refractivity contribution in [2.75, 3.05) is 6.54 Å². The zero-order valence-corrected chi connectivity index (χ0v) is 10.6. The van der Waals surface area contributed by atoms with Gasteiger partial charge in [-0.3, -0.25) is 9.36 Å². The van der Waals surface area contributed by atoms with Gasteiger partial charge < -0.3 is 5.73 Å². The summed E-state index contributed by atoms with van der Waals surface area (Å²) < 4.78 is 1.63. The van der Waals surface area contributed by atoms with Gasteiger partial charge in [0.15, 0.2) is 0 Å². The van der Waals surface area contributed by atoms with E-state index < -0.39 is 0 Å². The Morgan fingerprint density at radius 3 is 2.56 bits per heavy atom. The molecule has 4 heteroatoms. The van der Waals surface area contributed by atoms with Crippen molar-refractivity contribution in [3.8, 4) is 11.3 Å². The Morgan fingerprint density at radius 2 is 2.00 bits per heavy atom. The second kappa shape index (κ2) is 5.14. The standard InChI is InChI=1S/C14H17N3O/c1-10(9-15)17-11(2)16-13(8-14(17)18)12-6-4-3-5-7-12/h3-8,10H,9,15H2,1-2H3. The van der Waals surface area contributed by atoms with E-state index in [9.17, 15) is 4.79 Å². The largest absolute Gasteiger partial charge is 0.328 e. The Labute approximate surface area is 106 Å². The number of hydrogen-bond donors (Lipinski definition) is 1. The zero-order chi connectivity index (χ0) is 13.1. The maximum Gasteiger partial charge on any atom is 0.254 e. The van der Waals surface area contributed by atoms with E-state index in [-0.39, 0.29) is 11.6 Å². The van der Waals surface area contributed by atoms with E-state index in [1.165, 1.54) is 0 Å². The minimum atomic E-state index is -0.0562. The fourth-order valence-electron chi connectivity index (χ4n) is 2.00. The lowest BCUT2D eigenvalue weighted by Gasteiger charge is -2.16. The van der Waals surface area contributed by atoms with Crippen LogP contribution in [0.15, 0.2) is 41.2 Å². The lowest BCUT2D eigenvalue weighted by atomic mass is 10.1. The van der Waals surface area contributed by atoms with Gasteiger partial charge in [0.25, 0.3) is 5.56 Å². The van der Waals surface area contributed by atoms with Crippen LogP contribution in [-0.2, 0) is 0 Å². The molecule has 1 aromatic carbocycles. The molecule has 0 aliphatic rings. The maximum atomic E-state index is 12.1. The Balaban J connectivity index is 2.53. The molecule has 1 heterocycles. The van der Waals surface area contributed by atoms with Gasteiger partial charge in [-0.15, -0.1) is 0 Å². The summed E-state index contributed by atoms with van der Waals surface area (Å²) in [5, 5.41) is 0. The molecule has 94 valence electrons. The average Bonchev–Trinajstić information content (AvgIpc) is 2.38. The normalized spacial score (nSPS) is 12.4. The summed E-state index contributed by atoms with van der Waals surface area (Å²) in [5.41, 5.74) is 7.20. The van der Waals surface area contributed by atoms with Crippen molar-refractivity contribution >= 4 is 0 Å². The number of hydrogen-bond acceptors (Lipinski definition) is 3. The second-order valence-corrected chi connectivity index (χ2v) is 4.35. The van der Waals surface area contributed by atoms with Gasteiger partial charge in [0, 0.05) is 24.2 Å². The van der Waals surface area contributed by atoms with Crippen LogP contribution in [0.25, 0.3) is 11.3 Å². The number of rotatable bonds is 3. The van der Waals surface area contributed by atoms with Crippen molar-refractivity contribution in [3.05, 3.63) is 52.6 Å². The first kappa shape index (κ1) is 12.5. The van der Waals surface area contributed by atoms with E-state index in [2.05, 4.69) is 4.98 Å². The summed E-state index contributed by atoms with van der Waals surface area (Å²) in [7, 11) is 0. The highest BCUT2D eigenvalue weighted by Crippen LogP contribution is 2.15. The van der Waals surface area contributed by atoms with Crippen molar-refractivity contribution in [1.29, 1.82) is 0 Å². The number of aryl methyl sites for hydroxylation is 1. The third-order valence-corrected chi connectivity index (χ3v) is 2.98. The molecule has 0 radical (unpaired) electrons. The van der Waals surface area contributed by atoms with Gasteiger partial charge >= 0.3 is 0 Å². The topological polar surface area (TPSA) is 60.9 Å². The molecule has 2 aromatic rings. The Hall–Kier alpha value is -1.94. The van der Waals surface area contributed by atoms with Crippen LogP contribution in [-0.4, -0.2) is 16.1 Å². The molecule has 2 rings (SSSR count). The fourth-order valence-corrected chi connectivity index (χ4v) is 2.00. The van der Waals surface area contributed by atoms with Crippen LogP contribution in [0.5, 0.6) is 0 Å². The summed E-state index contributed by atoms with van der Waals surface area (Å²) in [6.07, 6.45) is 0. The molecule has 0 fully saturated rings. The van der Waals surface area contributed by atoms with Gasteiger partial charge in [-0.2, -0.15) is 0 Å². The highest BCUT2D eigenvalue weighted by Gasteiger charge is 2.10. The minimum Gasteiger partial charge on any atom is -0.328 e. The highest BCUT2D eigenvalue weighted by molar-refractivity contribution is 5.58. The molecule has 0 bridgehead atoms. The van der Waals surface area contributed by atoms with Gasteiger partial charge in [0.2, 0.25) is 0 Å². The van der Waals surface area contributed by atoms with Gasteiger partial charge in [0.1, 0.15) is 5.82 Å². The summed E-state index contributed by atoms with van der Waals surface area (Å²) in [6.45, 7) is 4.17. The number of benzene rings is 1. The van der Waals surface area contributed by atoms with Crippen LogP contribution in [0.1, 0.15) is 18.8 Å². The molecule has 1 atom stereocenters. The Morgan fingerprint density at radius 1 is 1.33 bits per heavy atom. The van der Waals surface area contributed by atoms with Gasteiger partial charge in [-0.25, -0.2) is 4.98 Å². The third-order valence-electron chi connectivity index (χ3n) is 2.98. The smallest absolute Gasteiger partial charge is 0.254 e. The predicted molar refractivity (Wildman–Crippen MR) is 72.4 cm³/mol. The van der Waals surface area contributed by atoms with E-state index in [1.807, 2.05) is 44.2 Å². The van der Waals surface area contributed by atoms with Crippen molar-refractivity contribution in [2.45, 2.75) is 19.9 Å². The first-order valence-corrected chi connectivity index (χ1v) is 5.99. The fraction of sp³-hybridized carbons (Fsp3) is 0.286. The van der Waals surface area contributed by atoms with Crippen LogP contribution in [0, 0.1) is 6.92 Å². The van der Waals surface area contributed by atoms with Gasteiger partial charge in [0.05, 0.1) is 5.69 Å². The average molecular weight is 243 g/mol. The summed E-state index contributed by atoms with van der Waals surface area (Å²) in [6, 6.07) is 11.2. The first-order chi connectivity index (χ1) is 8.63. The molecule has 0 aliphatic heterocycles. The van der Waals surface area contributed by atoms with Crippen molar-refractivity contribution in [3.63, 3.8) is 0 Å². The molecule has 0 saturated carbocycles. The van der Waals surface area contributed by atoms with Crippen molar-refractivity contribution in [1.82, 2.24) is 9.55 Å². The summed E-state index contributed by atoms with van der Waals surface area (Å²) in [5.74, 6) is 0.694. The zero-order valence-electron chi connectivity index (χ0n) is 10.6. The molecule has 18 heavy (non-hydrogen) atoms. The number of nitrogens with zero attached hydrogens (tertiary/aromatic N) is 2. The molecule has 0 saturated heterocycles. The summed E-state index contributed by atoms with van der Waals surface area (Å²) in [4.78, 5) is 16.6. The monoisotopic (exact) mass is 243 g/mol. The lowest BCUT2D eigenvalue weighted by molar-refractivity contribution is 0.516. The molecular formula is C14H17N3O. The molecule has 0 amide bonds. The minimum absolute atomic E-state index is 0.0326. The van der Waals surface area contributed by atoms with E-state index >= 15 is 0 Å². The Bertz CT molecular complexity index is 590. The number of nitrogens with two attached hydrogens (primary N) is 1. The van der Waals surface area contributed by atoms with E-state index in [0.717, 1.165) is 5.56 Å². The number of aromatic nitrogens is 2. The molecule has 2 N–H and O–H groups in total. The van der Waals surface area contributed by atoms with E-state index in [0.29, 0.717) is 18.1 Å². The van der Waals surface area contributed by atoms with E-state index in [1.54, 1.807) is 10.6 Å². The van der Waals surface area contributed by atoms with Crippen LogP contribution in [0.2, 0.25) is 0 Å². The second-order valence-electron chi connectivity index (χ2n) is 4.35. The van der Waals surface area contributed by atoms with Crippen LogP contribution < -0.4 is 11.3 Å². The predicted octanol–water partition coefficient (Wildman–Crippen LogP) is 1.74. The quantitative estimate of drug-likeness (QED) is 0.893. The lowest BCUT2D eigenvalue weighted by Crippen LogP contribution is -2.30. The van der Waals surface area contributed by atoms with Crippen LogP contribution in [0.4, 0.5) is 0 Å². The maximum absolute atomic E-state index is 12.1. The van der Waals surface area contributed by atoms with Crippen molar-refractivity contribution in [2.24, 2.45) is 5.73 Å². The highest BCUT2D eigenvalue weighted by atomic mass is 16.1. The molecule has 1 unspecified atom stereocenters. The first-order valence-electron chi connectivity index (χ1n) is 5.99. The molecule has 1 aromatic heterocycles. The van der Waals surface area contributed by atoms with Crippen molar-refractivity contribution < 1.29 is 0 Å². The molecular weight excluding hydrogens is 226 g/mol. The van der Waals surface area contributed by atoms with Gasteiger partial charge in [-0.05, 0) is 13.8 Å². The van der Waals surface area contributed by atoms with Crippen LogP contribution >= 0.6 is 0 Å². The molecule has 4 nitrogen and oxygen atoms in total. The van der Waals surface area contributed by atoms with E-state index in [4.69, 9.17) is 5.73 Å². The summed E-state index contributed by atoms with van der Waals surface area (Å²) >= 11 is 0. The van der Waals surface area contributed by atoms with Crippen LogP contribution in [0.3, 0.4) is 0 Å². The SMILES string of the molecule is Cc1nc(-c2ccccc2)cc(=O)n1C(C)CN. The third kappa shape index (κ3) is 2.33. The van der Waals surface area contributed by atoms with Gasteiger partial charge in [-0.1, -0.05) is 30.3 Å². The molecule has 0 aliphatic carbocycles. The molecule has 0 spiro atoms. The Kier molecular flexibility index (Phi) is 3.58.